The predicted molar refractivity (Wildman–Crippen MR) is 220 cm³/mol. The number of anilines is 5. The van der Waals surface area contributed by atoms with Crippen LogP contribution in [0.3, 0.4) is 0 Å². The molecule has 3 aromatic heterocycles. The van der Waals surface area contributed by atoms with Gasteiger partial charge in [-0.1, -0.05) is 0 Å². The van der Waals surface area contributed by atoms with Gasteiger partial charge in [0.15, 0.2) is 0 Å². The molecule has 1 amide bonds. The Morgan fingerprint density at radius 3 is 1.59 bits per heavy atom. The van der Waals surface area contributed by atoms with Gasteiger partial charge in [0.25, 0.3) is 0 Å². The van der Waals surface area contributed by atoms with Gasteiger partial charge in [0, 0.05) is 97.2 Å². The fourth-order valence-electron chi connectivity index (χ4n) is 4.98. The average molecular weight is 819 g/mol. The van der Waals surface area contributed by atoms with Crippen LogP contribution >= 0.6 is 36.4 Å². The van der Waals surface area contributed by atoms with Crippen LogP contribution in [0.2, 0.25) is 5.28 Å². The van der Waals surface area contributed by atoms with Crippen molar-refractivity contribution in [2.45, 2.75) is 71.4 Å². The number of carbonyl (C=O) groups excluding carboxylic acids is 1. The van der Waals surface area contributed by atoms with Gasteiger partial charge in [0.1, 0.15) is 23.1 Å². The quantitative estimate of drug-likeness (QED) is 0.218. The molecule has 304 valence electrons. The zero-order chi connectivity index (χ0) is 38.9. The van der Waals surface area contributed by atoms with E-state index in [9.17, 15) is 15.0 Å². The van der Waals surface area contributed by atoms with Crippen molar-refractivity contribution < 1.29 is 19.7 Å². The molecule has 2 saturated heterocycles. The number of hydrogen-bond acceptors (Lipinski definition) is 16. The first kappa shape index (κ1) is 48.3. The third-order valence-electron chi connectivity index (χ3n) is 7.62. The van der Waals surface area contributed by atoms with Gasteiger partial charge in [-0.05, 0) is 53.1 Å². The number of ether oxygens (including phenoxy) is 1. The second-order valence-electron chi connectivity index (χ2n) is 14.4. The molecule has 17 nitrogen and oxygen atoms in total. The second kappa shape index (κ2) is 21.4. The standard InChI is InChI=1S/C16H27N5O3.C11H19N5O.C7H10ClN3.2ClH/c1-10-7-13(20(5)6)19-14(17-10)18-11-8-21(9-12(11)22)15(23)24-16(2,3)4;1-7-4-10(16(2)3)15-11(13-7)14-8-5-12-6-9(8)17;1-5-4-6(11(2)3)10-7(8)9-5;;/h7,11-12,22H,8-9H2,1-6H3,(H,17,18,19);4,8-9,12,17H,5-6H2,1-3H3,(H,13,14,15);4H,1-3H3;2*1H/t11-,12-;8-,9-;;;/m11.../s1. The van der Waals surface area contributed by atoms with E-state index in [1.54, 1.807) is 0 Å². The van der Waals surface area contributed by atoms with E-state index in [4.69, 9.17) is 16.3 Å². The highest BCUT2D eigenvalue weighted by atomic mass is 35.5. The maximum Gasteiger partial charge on any atom is 0.410 e. The van der Waals surface area contributed by atoms with Gasteiger partial charge in [-0.25, -0.2) is 24.7 Å². The minimum atomic E-state index is -0.704. The van der Waals surface area contributed by atoms with Gasteiger partial charge in [0.2, 0.25) is 17.2 Å². The number of amides is 1. The summed E-state index contributed by atoms with van der Waals surface area (Å²) in [6.45, 7) is 13.1. The van der Waals surface area contributed by atoms with Crippen molar-refractivity contribution in [2.24, 2.45) is 0 Å². The van der Waals surface area contributed by atoms with Crippen LogP contribution in [-0.4, -0.2) is 149 Å². The van der Waals surface area contributed by atoms with Gasteiger partial charge in [0.05, 0.1) is 30.8 Å². The first-order valence-electron chi connectivity index (χ1n) is 17.0. The van der Waals surface area contributed by atoms with Crippen LogP contribution < -0.4 is 30.7 Å². The molecular formula is C34H58Cl3N13O4. The maximum atomic E-state index is 12.1. The van der Waals surface area contributed by atoms with Gasteiger partial charge in [-0.15, -0.1) is 24.8 Å². The molecule has 0 bridgehead atoms. The summed E-state index contributed by atoms with van der Waals surface area (Å²) in [6.07, 6.45) is -1.52. The minimum Gasteiger partial charge on any atom is -0.444 e. The van der Waals surface area contributed by atoms with Crippen molar-refractivity contribution in [2.75, 3.05) is 93.8 Å². The summed E-state index contributed by atoms with van der Waals surface area (Å²) in [7, 11) is 11.5. The number of likely N-dealkylation sites (tertiary alicyclic amines) is 1. The molecule has 2 aliphatic rings. The Morgan fingerprint density at radius 2 is 1.19 bits per heavy atom. The van der Waals surface area contributed by atoms with Gasteiger partial charge >= 0.3 is 6.09 Å². The Morgan fingerprint density at radius 1 is 0.741 bits per heavy atom. The number of β-amino-alcohol motifs (C(OH)–C–C–N with tert-alkyl or cyclic N) is 2. The molecule has 5 heterocycles. The lowest BCUT2D eigenvalue weighted by Gasteiger charge is -2.24. The molecule has 2 aliphatic heterocycles. The van der Waals surface area contributed by atoms with Gasteiger partial charge < -0.3 is 50.5 Å². The van der Waals surface area contributed by atoms with E-state index < -0.39 is 17.8 Å². The number of nitrogens with one attached hydrogen (secondary N) is 3. The molecule has 54 heavy (non-hydrogen) atoms. The minimum absolute atomic E-state index is 0. The normalized spacial score (nSPS) is 18.8. The topological polar surface area (TPSA) is 193 Å². The first-order chi connectivity index (χ1) is 24.2. The van der Waals surface area contributed by atoms with Crippen LogP contribution in [0.15, 0.2) is 18.2 Å². The largest absolute Gasteiger partial charge is 0.444 e. The fraction of sp³-hybridized carbons (Fsp3) is 0.618. The number of aromatic nitrogens is 6. The van der Waals surface area contributed by atoms with E-state index >= 15 is 0 Å². The summed E-state index contributed by atoms with van der Waals surface area (Å²) in [4.78, 5) is 44.8. The number of aryl methyl sites for hydroxylation is 3. The summed E-state index contributed by atoms with van der Waals surface area (Å²) >= 11 is 5.65. The first-order valence-corrected chi connectivity index (χ1v) is 17.4. The van der Waals surface area contributed by atoms with Crippen molar-refractivity contribution >= 4 is 71.9 Å². The molecule has 0 radical (unpaired) electrons. The molecule has 20 heteroatoms. The molecule has 0 aromatic carbocycles. The molecule has 0 aliphatic carbocycles. The van der Waals surface area contributed by atoms with Crippen molar-refractivity contribution in [3.63, 3.8) is 0 Å². The number of nitrogens with zero attached hydrogens (tertiary/aromatic N) is 10. The maximum absolute atomic E-state index is 12.1. The van der Waals surface area contributed by atoms with E-state index in [0.717, 1.165) is 41.1 Å². The molecule has 0 spiro atoms. The van der Waals surface area contributed by atoms with Crippen molar-refractivity contribution in [3.05, 3.63) is 40.6 Å². The summed E-state index contributed by atoms with van der Waals surface area (Å²) in [5.41, 5.74) is 2.06. The predicted octanol–water partition coefficient (Wildman–Crippen LogP) is 3.19. The highest BCUT2D eigenvalue weighted by molar-refractivity contribution is 6.28. The Kier molecular flexibility index (Phi) is 19.1. The van der Waals surface area contributed by atoms with E-state index in [2.05, 4.69) is 45.9 Å². The van der Waals surface area contributed by atoms with Crippen LogP contribution in [0.1, 0.15) is 37.9 Å². The van der Waals surface area contributed by atoms with Crippen LogP contribution in [0, 0.1) is 20.8 Å². The Labute approximate surface area is 336 Å². The molecule has 5 N–H and O–H groups in total. The molecule has 0 unspecified atom stereocenters. The molecule has 4 atom stereocenters. The van der Waals surface area contributed by atoms with E-state index in [1.165, 1.54) is 4.90 Å². The lowest BCUT2D eigenvalue weighted by Crippen LogP contribution is -2.36. The summed E-state index contributed by atoms with van der Waals surface area (Å²) in [6, 6.07) is 5.32. The van der Waals surface area contributed by atoms with E-state index in [0.29, 0.717) is 30.3 Å². The average Bonchev–Trinajstić information content (AvgIpc) is 3.60. The molecule has 5 rings (SSSR count). The SMILES string of the molecule is Cc1cc(N(C)C)nc(Cl)n1.Cc1cc(N(C)C)nc(N[C@@H]2CN(C(=O)OC(C)(C)C)C[C@H]2O)n1.Cc1cc(N(C)C)nc(N[C@@H]2CNC[C@H]2O)n1.Cl.Cl. The number of aliphatic hydroxyl groups is 2. The fourth-order valence-corrected chi connectivity index (χ4v) is 5.20. The number of aliphatic hydroxyl groups excluding tert-OH is 2. The monoisotopic (exact) mass is 817 g/mol. The van der Waals surface area contributed by atoms with Crippen molar-refractivity contribution in [1.82, 2.24) is 40.1 Å². The molecule has 2 fully saturated rings. The highest BCUT2D eigenvalue weighted by Crippen LogP contribution is 2.20. The second-order valence-corrected chi connectivity index (χ2v) is 14.7. The summed E-state index contributed by atoms with van der Waals surface area (Å²) in [5, 5.41) is 29.7. The Bertz CT molecular complexity index is 1610. The van der Waals surface area contributed by atoms with Crippen LogP contribution in [0.4, 0.5) is 34.1 Å². The number of halogens is 3. The zero-order valence-corrected chi connectivity index (χ0v) is 35.6. The molecule has 0 saturated carbocycles. The highest BCUT2D eigenvalue weighted by Gasteiger charge is 2.36. The van der Waals surface area contributed by atoms with Crippen LogP contribution in [-0.2, 0) is 4.74 Å². The van der Waals surface area contributed by atoms with E-state index in [1.807, 2.05) is 117 Å². The van der Waals surface area contributed by atoms with E-state index in [-0.39, 0.29) is 49.5 Å². The molecule has 3 aromatic rings. The van der Waals surface area contributed by atoms with Crippen molar-refractivity contribution in [1.29, 1.82) is 0 Å². The smallest absolute Gasteiger partial charge is 0.410 e. The lowest BCUT2D eigenvalue weighted by atomic mass is 10.2. The lowest BCUT2D eigenvalue weighted by molar-refractivity contribution is 0.0270. The van der Waals surface area contributed by atoms with Crippen LogP contribution in [0.5, 0.6) is 0 Å². The number of rotatable bonds is 7. The summed E-state index contributed by atoms with van der Waals surface area (Å²) < 4.78 is 5.35. The summed E-state index contributed by atoms with van der Waals surface area (Å²) in [5.74, 6) is 3.49. The Hall–Kier alpha value is -3.74. The van der Waals surface area contributed by atoms with Crippen molar-refractivity contribution in [3.8, 4) is 0 Å². The van der Waals surface area contributed by atoms with Crippen LogP contribution in [0.25, 0.3) is 0 Å². The van der Waals surface area contributed by atoms with Gasteiger partial charge in [-0.2, -0.15) is 9.97 Å². The van der Waals surface area contributed by atoms with Gasteiger partial charge in [-0.3, -0.25) is 0 Å². The Balaban J connectivity index is 0.000000425. The third kappa shape index (κ3) is 15.5. The number of hydrogen-bond donors (Lipinski definition) is 5. The molecular weight excluding hydrogens is 761 g/mol. The zero-order valence-electron chi connectivity index (χ0n) is 33.2. The third-order valence-corrected chi connectivity index (χ3v) is 7.79. The number of carbonyl (C=O) groups is 1.